The molecule has 0 aromatic heterocycles. The summed E-state index contributed by atoms with van der Waals surface area (Å²) in [5.41, 5.74) is 1.60. The molecule has 3 amide bonds. The van der Waals surface area contributed by atoms with Crippen LogP contribution in [-0.2, 0) is 9.53 Å². The minimum absolute atomic E-state index is 0.0735. The van der Waals surface area contributed by atoms with E-state index in [9.17, 15) is 19.7 Å². The number of likely N-dealkylation sites (N-methyl/N-ethyl adjacent to an activating group) is 1. The Morgan fingerprint density at radius 1 is 1.23 bits per heavy atom. The predicted octanol–water partition coefficient (Wildman–Crippen LogP) is 1.11. The SMILES string of the molecule is CN1C(=O)N[C@@H](c2cccc([N+](=O)[O-])c2)C2=C1CN(CCCN1CCOCC1)C2=O. The largest absolute Gasteiger partial charge is 0.379 e. The molecule has 0 unspecified atom stereocenters. The predicted molar refractivity (Wildman–Crippen MR) is 108 cm³/mol. The van der Waals surface area contributed by atoms with E-state index >= 15 is 0 Å². The van der Waals surface area contributed by atoms with Gasteiger partial charge in [0.05, 0.1) is 42.0 Å². The second kappa shape index (κ2) is 8.41. The molecule has 1 N–H and O–H groups in total. The van der Waals surface area contributed by atoms with Gasteiger partial charge in [0.1, 0.15) is 0 Å². The maximum atomic E-state index is 13.2. The molecule has 1 saturated heterocycles. The standard InChI is InChI=1S/C20H25N5O5/c1-22-16-13-24(7-3-6-23-8-10-30-11-9-23)19(26)17(16)18(21-20(22)27)14-4-2-5-15(12-14)25(28)29/h2,4-5,12,18H,3,6-11,13H2,1H3,(H,21,27)/t18-/m0/s1. The highest BCUT2D eigenvalue weighted by Crippen LogP contribution is 2.36. The Morgan fingerprint density at radius 2 is 2.00 bits per heavy atom. The lowest BCUT2D eigenvalue weighted by Gasteiger charge is -2.31. The molecule has 0 bridgehead atoms. The molecule has 3 aliphatic rings. The molecule has 10 heteroatoms. The van der Waals surface area contributed by atoms with Crippen molar-refractivity contribution < 1.29 is 19.2 Å². The van der Waals surface area contributed by atoms with E-state index in [1.54, 1.807) is 24.1 Å². The van der Waals surface area contributed by atoms with Crippen LogP contribution in [0.2, 0.25) is 0 Å². The van der Waals surface area contributed by atoms with E-state index in [4.69, 9.17) is 4.74 Å². The third-order valence-corrected chi connectivity index (χ3v) is 5.86. The number of amides is 3. The van der Waals surface area contributed by atoms with Crippen LogP contribution in [0.25, 0.3) is 0 Å². The van der Waals surface area contributed by atoms with E-state index in [0.29, 0.717) is 29.9 Å². The molecular weight excluding hydrogens is 390 g/mol. The van der Waals surface area contributed by atoms with Gasteiger partial charge in [-0.05, 0) is 12.0 Å². The summed E-state index contributed by atoms with van der Waals surface area (Å²) in [5.74, 6) is -0.129. The molecule has 4 rings (SSSR count). The van der Waals surface area contributed by atoms with Gasteiger partial charge >= 0.3 is 6.03 Å². The number of nitrogens with zero attached hydrogens (tertiary/aromatic N) is 4. The van der Waals surface area contributed by atoms with Gasteiger partial charge in [-0.15, -0.1) is 0 Å². The summed E-state index contributed by atoms with van der Waals surface area (Å²) in [6.45, 7) is 5.13. The fraction of sp³-hybridized carbons (Fsp3) is 0.500. The Hall–Kier alpha value is -2.98. The van der Waals surface area contributed by atoms with Crippen molar-refractivity contribution in [2.45, 2.75) is 12.5 Å². The van der Waals surface area contributed by atoms with Gasteiger partial charge in [0.2, 0.25) is 0 Å². The first kappa shape index (κ1) is 20.3. The number of rotatable bonds is 6. The van der Waals surface area contributed by atoms with Crippen molar-refractivity contribution >= 4 is 17.6 Å². The zero-order valence-corrected chi connectivity index (χ0v) is 16.9. The maximum Gasteiger partial charge on any atom is 0.322 e. The summed E-state index contributed by atoms with van der Waals surface area (Å²) >= 11 is 0. The lowest BCUT2D eigenvalue weighted by Crippen LogP contribution is -2.45. The van der Waals surface area contributed by atoms with E-state index in [0.717, 1.165) is 39.3 Å². The smallest absolute Gasteiger partial charge is 0.322 e. The van der Waals surface area contributed by atoms with E-state index in [-0.39, 0.29) is 17.6 Å². The molecule has 0 aliphatic carbocycles. The number of non-ortho nitro benzene ring substituents is 1. The van der Waals surface area contributed by atoms with E-state index in [1.807, 2.05) is 0 Å². The topological polar surface area (TPSA) is 108 Å². The van der Waals surface area contributed by atoms with Crippen LogP contribution in [0, 0.1) is 10.1 Å². The van der Waals surface area contributed by atoms with Crippen LogP contribution in [0.5, 0.6) is 0 Å². The zero-order valence-electron chi connectivity index (χ0n) is 16.9. The maximum absolute atomic E-state index is 13.2. The number of morpholine rings is 1. The Morgan fingerprint density at radius 3 is 2.73 bits per heavy atom. The molecule has 0 spiro atoms. The van der Waals surface area contributed by atoms with Crippen LogP contribution in [0.15, 0.2) is 35.5 Å². The van der Waals surface area contributed by atoms with Gasteiger partial charge in [-0.25, -0.2) is 4.79 Å². The van der Waals surface area contributed by atoms with Gasteiger partial charge in [-0.2, -0.15) is 0 Å². The van der Waals surface area contributed by atoms with Crippen molar-refractivity contribution in [1.29, 1.82) is 0 Å². The second-order valence-corrected chi connectivity index (χ2v) is 7.69. The molecule has 1 atom stereocenters. The Kier molecular flexibility index (Phi) is 5.69. The number of nitrogens with one attached hydrogen (secondary N) is 1. The normalized spacial score (nSPS) is 22.4. The zero-order chi connectivity index (χ0) is 21.3. The first-order valence-corrected chi connectivity index (χ1v) is 10.1. The molecule has 1 aromatic rings. The van der Waals surface area contributed by atoms with E-state index < -0.39 is 11.0 Å². The summed E-state index contributed by atoms with van der Waals surface area (Å²) < 4.78 is 5.36. The average molecular weight is 415 g/mol. The van der Waals surface area contributed by atoms with Gasteiger partial charge in [0, 0.05) is 45.4 Å². The molecule has 10 nitrogen and oxygen atoms in total. The highest BCUT2D eigenvalue weighted by Gasteiger charge is 2.42. The van der Waals surface area contributed by atoms with Crippen molar-refractivity contribution in [3.63, 3.8) is 0 Å². The molecule has 3 aliphatic heterocycles. The van der Waals surface area contributed by atoms with Gasteiger partial charge in [-0.3, -0.25) is 24.7 Å². The minimum Gasteiger partial charge on any atom is -0.379 e. The lowest BCUT2D eigenvalue weighted by atomic mass is 9.95. The summed E-state index contributed by atoms with van der Waals surface area (Å²) in [7, 11) is 1.64. The lowest BCUT2D eigenvalue weighted by molar-refractivity contribution is -0.384. The number of carbonyl (C=O) groups is 2. The van der Waals surface area contributed by atoms with Gasteiger partial charge in [0.15, 0.2) is 0 Å². The van der Waals surface area contributed by atoms with Crippen molar-refractivity contribution in [3.8, 4) is 0 Å². The van der Waals surface area contributed by atoms with Crippen LogP contribution in [0.4, 0.5) is 10.5 Å². The molecule has 160 valence electrons. The highest BCUT2D eigenvalue weighted by atomic mass is 16.6. The summed E-state index contributed by atoms with van der Waals surface area (Å²) in [6, 6.07) is 5.05. The van der Waals surface area contributed by atoms with Crippen LogP contribution >= 0.6 is 0 Å². The van der Waals surface area contributed by atoms with E-state index in [2.05, 4.69) is 10.2 Å². The number of nitro groups is 1. The fourth-order valence-corrected chi connectivity index (χ4v) is 4.18. The molecule has 0 saturated carbocycles. The van der Waals surface area contributed by atoms with Crippen molar-refractivity contribution in [2.75, 3.05) is 53.0 Å². The van der Waals surface area contributed by atoms with Crippen LogP contribution < -0.4 is 5.32 Å². The third-order valence-electron chi connectivity index (χ3n) is 5.86. The fourth-order valence-electron chi connectivity index (χ4n) is 4.18. The number of urea groups is 1. The van der Waals surface area contributed by atoms with Gasteiger partial charge in [-0.1, -0.05) is 12.1 Å². The number of ether oxygens (including phenoxy) is 1. The van der Waals surface area contributed by atoms with Crippen molar-refractivity contribution in [2.24, 2.45) is 0 Å². The molecule has 1 fully saturated rings. The Balaban J connectivity index is 1.50. The number of hydrogen-bond acceptors (Lipinski definition) is 6. The molecule has 0 radical (unpaired) electrons. The van der Waals surface area contributed by atoms with Crippen LogP contribution in [-0.4, -0.2) is 84.5 Å². The quantitative estimate of drug-likeness (QED) is 0.551. The molecule has 30 heavy (non-hydrogen) atoms. The summed E-state index contributed by atoms with van der Waals surface area (Å²) in [4.78, 5) is 41.9. The molecule has 1 aromatic carbocycles. The minimum atomic E-state index is -0.694. The van der Waals surface area contributed by atoms with E-state index in [1.165, 1.54) is 17.0 Å². The second-order valence-electron chi connectivity index (χ2n) is 7.69. The third kappa shape index (κ3) is 3.88. The summed E-state index contributed by atoms with van der Waals surface area (Å²) in [5, 5.41) is 14.0. The Labute approximate surface area is 174 Å². The molecular formula is C20H25N5O5. The van der Waals surface area contributed by atoms with Gasteiger partial charge in [0.25, 0.3) is 11.6 Å². The number of hydrogen-bond donors (Lipinski definition) is 1. The average Bonchev–Trinajstić information content (AvgIpc) is 3.08. The number of benzene rings is 1. The first-order chi connectivity index (χ1) is 14.5. The highest BCUT2D eigenvalue weighted by molar-refractivity contribution is 6.01. The van der Waals surface area contributed by atoms with Gasteiger partial charge < -0.3 is 15.0 Å². The Bertz CT molecular complexity index is 895. The monoisotopic (exact) mass is 415 g/mol. The van der Waals surface area contributed by atoms with Crippen molar-refractivity contribution in [3.05, 3.63) is 51.2 Å². The number of carbonyl (C=O) groups excluding carboxylic acids is 2. The molecule has 3 heterocycles. The van der Waals surface area contributed by atoms with Crippen LogP contribution in [0.1, 0.15) is 18.0 Å². The summed E-state index contributed by atoms with van der Waals surface area (Å²) in [6.07, 6.45) is 0.832. The number of nitro benzene ring substituents is 1. The van der Waals surface area contributed by atoms with Crippen molar-refractivity contribution in [1.82, 2.24) is 20.0 Å². The first-order valence-electron chi connectivity index (χ1n) is 10.1. The van der Waals surface area contributed by atoms with Crippen LogP contribution in [0.3, 0.4) is 0 Å².